The average Bonchev–Trinajstić information content (AvgIpc) is 2.95. The van der Waals surface area contributed by atoms with Crippen molar-refractivity contribution in [3.63, 3.8) is 0 Å². The highest BCUT2D eigenvalue weighted by molar-refractivity contribution is 8.02. The predicted molar refractivity (Wildman–Crippen MR) is 79.6 cm³/mol. The molecule has 92 valence electrons. The largest absolute Gasteiger partial charge is 0.399 e. The normalized spacial score (nSPS) is 11.2. The van der Waals surface area contributed by atoms with Crippen LogP contribution in [0.3, 0.4) is 0 Å². The zero-order valence-corrected chi connectivity index (χ0v) is 12.2. The van der Waals surface area contributed by atoms with Gasteiger partial charge < -0.3 is 5.73 Å². The van der Waals surface area contributed by atoms with Crippen molar-refractivity contribution in [3.05, 3.63) is 29.3 Å². The summed E-state index contributed by atoms with van der Waals surface area (Å²) in [6, 6.07) is 5.82. The summed E-state index contributed by atoms with van der Waals surface area (Å²) in [6.07, 6.45) is 0.980. The third kappa shape index (κ3) is 2.36. The molecule has 3 nitrogen and oxygen atoms in total. The molecule has 0 radical (unpaired) electrons. The van der Waals surface area contributed by atoms with Crippen LogP contribution in [0.15, 0.2) is 32.3 Å². The number of anilines is 1. The molecule has 0 bridgehead atoms. The lowest BCUT2D eigenvalue weighted by atomic mass is 10.3. The van der Waals surface area contributed by atoms with E-state index in [9.17, 15) is 0 Å². The zero-order valence-electron chi connectivity index (χ0n) is 9.71. The lowest BCUT2D eigenvalue weighted by Gasteiger charge is -1.89. The maximum absolute atomic E-state index is 5.77. The van der Waals surface area contributed by atoms with E-state index in [4.69, 9.17) is 5.73 Å². The Labute approximate surface area is 117 Å². The molecule has 6 heteroatoms. The van der Waals surface area contributed by atoms with Crippen LogP contribution >= 0.6 is 34.4 Å². The molecule has 0 fully saturated rings. The molecule has 2 heterocycles. The number of nitrogen functional groups attached to an aromatic ring is 1. The third-order valence-electron chi connectivity index (χ3n) is 2.46. The van der Waals surface area contributed by atoms with Gasteiger partial charge in [-0.05, 0) is 36.4 Å². The molecule has 18 heavy (non-hydrogen) atoms. The number of thiazole rings is 2. The number of fused-ring (bicyclic) bond motifs is 1. The Bertz CT molecular complexity index is 687. The zero-order chi connectivity index (χ0) is 12.5. The van der Waals surface area contributed by atoms with Crippen LogP contribution in [0.4, 0.5) is 5.69 Å². The van der Waals surface area contributed by atoms with Gasteiger partial charge in [-0.25, -0.2) is 9.97 Å². The molecule has 0 saturated carbocycles. The van der Waals surface area contributed by atoms with Crippen LogP contribution in [0, 0.1) is 0 Å². The topological polar surface area (TPSA) is 51.8 Å². The van der Waals surface area contributed by atoms with E-state index in [1.54, 1.807) is 34.4 Å². The van der Waals surface area contributed by atoms with E-state index in [0.29, 0.717) is 0 Å². The van der Waals surface area contributed by atoms with Gasteiger partial charge in [-0.15, -0.1) is 22.7 Å². The SMILES string of the molecule is CCc1csc(Sc2nc3ccc(N)cc3s2)n1. The lowest BCUT2D eigenvalue weighted by molar-refractivity contribution is 1.02. The van der Waals surface area contributed by atoms with E-state index in [-0.39, 0.29) is 0 Å². The summed E-state index contributed by atoms with van der Waals surface area (Å²) >= 11 is 4.97. The van der Waals surface area contributed by atoms with Crippen molar-refractivity contribution in [1.82, 2.24) is 9.97 Å². The smallest absolute Gasteiger partial charge is 0.158 e. The first kappa shape index (κ1) is 12.0. The van der Waals surface area contributed by atoms with Gasteiger partial charge in [0.2, 0.25) is 0 Å². The number of hydrogen-bond acceptors (Lipinski definition) is 6. The van der Waals surface area contributed by atoms with E-state index >= 15 is 0 Å². The fourth-order valence-corrected chi connectivity index (χ4v) is 4.77. The minimum absolute atomic E-state index is 0.783. The highest BCUT2D eigenvalue weighted by Gasteiger charge is 2.08. The fourth-order valence-electron chi connectivity index (χ4n) is 1.54. The van der Waals surface area contributed by atoms with Crippen LogP contribution < -0.4 is 5.73 Å². The van der Waals surface area contributed by atoms with Crippen molar-refractivity contribution < 1.29 is 0 Å². The Morgan fingerprint density at radius 1 is 1.28 bits per heavy atom. The molecule has 0 spiro atoms. The van der Waals surface area contributed by atoms with E-state index in [2.05, 4.69) is 22.3 Å². The van der Waals surface area contributed by atoms with E-state index in [0.717, 1.165) is 36.7 Å². The fraction of sp³-hybridized carbons (Fsp3) is 0.167. The molecule has 3 aromatic rings. The molecule has 2 N–H and O–H groups in total. The van der Waals surface area contributed by atoms with Crippen LogP contribution in [0.5, 0.6) is 0 Å². The second-order valence-corrected chi connectivity index (χ2v) is 7.15. The van der Waals surface area contributed by atoms with Gasteiger partial charge in [-0.2, -0.15) is 0 Å². The Morgan fingerprint density at radius 2 is 2.17 bits per heavy atom. The van der Waals surface area contributed by atoms with E-state index < -0.39 is 0 Å². The highest BCUT2D eigenvalue weighted by Crippen LogP contribution is 2.36. The number of hydrogen-bond donors (Lipinski definition) is 1. The molecule has 2 aromatic heterocycles. The van der Waals surface area contributed by atoms with E-state index in [1.807, 2.05) is 18.2 Å². The molecule has 3 rings (SSSR count). The van der Waals surface area contributed by atoms with Gasteiger partial charge in [-0.3, -0.25) is 0 Å². The van der Waals surface area contributed by atoms with Gasteiger partial charge in [0.05, 0.1) is 15.9 Å². The summed E-state index contributed by atoms with van der Waals surface area (Å²) < 4.78 is 3.20. The van der Waals surface area contributed by atoms with Crippen LogP contribution in [0.1, 0.15) is 12.6 Å². The molecular formula is C12H11N3S3. The predicted octanol–water partition coefficient (Wildman–Crippen LogP) is 4.05. The number of aryl methyl sites for hydroxylation is 1. The van der Waals surface area contributed by atoms with Crippen LogP contribution in [-0.4, -0.2) is 9.97 Å². The number of nitrogens with two attached hydrogens (primary N) is 1. The van der Waals surface area contributed by atoms with Gasteiger partial charge in [0.15, 0.2) is 8.68 Å². The minimum Gasteiger partial charge on any atom is -0.399 e. The molecule has 0 unspecified atom stereocenters. The van der Waals surface area contributed by atoms with Gasteiger partial charge in [0, 0.05) is 11.1 Å². The summed E-state index contributed by atoms with van der Waals surface area (Å²) in [5.74, 6) is 0. The number of rotatable bonds is 3. The number of benzene rings is 1. The number of nitrogens with zero attached hydrogens (tertiary/aromatic N) is 2. The average molecular weight is 293 g/mol. The quantitative estimate of drug-likeness (QED) is 0.740. The molecule has 0 saturated heterocycles. The van der Waals surface area contributed by atoms with Crippen LogP contribution in [-0.2, 0) is 6.42 Å². The van der Waals surface area contributed by atoms with E-state index in [1.165, 1.54) is 0 Å². The maximum atomic E-state index is 5.77. The monoisotopic (exact) mass is 293 g/mol. The molecule has 0 aliphatic heterocycles. The lowest BCUT2D eigenvalue weighted by Crippen LogP contribution is -1.81. The van der Waals surface area contributed by atoms with Crippen molar-refractivity contribution in [2.75, 3.05) is 5.73 Å². The summed E-state index contributed by atoms with van der Waals surface area (Å²) in [5, 5.41) is 2.10. The van der Waals surface area contributed by atoms with Gasteiger partial charge in [0.1, 0.15) is 0 Å². The Kier molecular flexibility index (Phi) is 3.23. The Balaban J connectivity index is 1.90. The Hall–Kier alpha value is -1.11. The second kappa shape index (κ2) is 4.87. The van der Waals surface area contributed by atoms with Crippen molar-refractivity contribution in [2.24, 2.45) is 0 Å². The van der Waals surface area contributed by atoms with Crippen molar-refractivity contribution in [3.8, 4) is 0 Å². The molecule has 1 aromatic carbocycles. The van der Waals surface area contributed by atoms with Crippen molar-refractivity contribution in [1.29, 1.82) is 0 Å². The van der Waals surface area contributed by atoms with Gasteiger partial charge in [-0.1, -0.05) is 6.92 Å². The highest BCUT2D eigenvalue weighted by atomic mass is 32.2. The summed E-state index contributed by atoms with van der Waals surface area (Å²) in [7, 11) is 0. The van der Waals surface area contributed by atoms with Gasteiger partial charge >= 0.3 is 0 Å². The maximum Gasteiger partial charge on any atom is 0.158 e. The third-order valence-corrected chi connectivity index (χ3v) is 5.53. The molecule has 0 atom stereocenters. The number of aromatic nitrogens is 2. The summed E-state index contributed by atoms with van der Waals surface area (Å²) in [4.78, 5) is 9.11. The van der Waals surface area contributed by atoms with Crippen LogP contribution in [0.25, 0.3) is 10.2 Å². The molecule has 0 aliphatic rings. The standard InChI is InChI=1S/C12H11N3S3/c1-2-8-6-16-11(14-8)18-12-15-9-4-3-7(13)5-10(9)17-12/h3-6H,2,13H2,1H3. The first-order valence-electron chi connectivity index (χ1n) is 5.53. The summed E-state index contributed by atoms with van der Waals surface area (Å²) in [5.41, 5.74) is 8.70. The minimum atomic E-state index is 0.783. The molecule has 0 aliphatic carbocycles. The first-order valence-corrected chi connectivity index (χ1v) is 8.04. The summed E-state index contributed by atoms with van der Waals surface area (Å²) in [6.45, 7) is 2.12. The van der Waals surface area contributed by atoms with Crippen LogP contribution in [0.2, 0.25) is 0 Å². The van der Waals surface area contributed by atoms with Crippen molar-refractivity contribution >= 4 is 50.3 Å². The first-order chi connectivity index (χ1) is 8.74. The molecular weight excluding hydrogens is 282 g/mol. The Morgan fingerprint density at radius 3 is 2.94 bits per heavy atom. The van der Waals surface area contributed by atoms with Crippen molar-refractivity contribution in [2.45, 2.75) is 22.0 Å². The van der Waals surface area contributed by atoms with Gasteiger partial charge in [0.25, 0.3) is 0 Å². The second-order valence-electron chi connectivity index (χ2n) is 3.77. The molecule has 0 amide bonds.